The highest BCUT2D eigenvalue weighted by Crippen LogP contribution is 2.24. The molecule has 2 amide bonds. The van der Waals surface area contributed by atoms with E-state index in [9.17, 15) is 18.0 Å². The number of halogens is 1. The fourth-order valence-corrected chi connectivity index (χ4v) is 2.78. The second-order valence-electron chi connectivity index (χ2n) is 4.53. The van der Waals surface area contributed by atoms with E-state index in [1.54, 1.807) is 0 Å². The Morgan fingerprint density at radius 2 is 1.90 bits per heavy atom. The van der Waals surface area contributed by atoms with Crippen molar-refractivity contribution in [3.63, 3.8) is 0 Å². The van der Waals surface area contributed by atoms with Gasteiger partial charge in [0.25, 0.3) is 5.91 Å². The van der Waals surface area contributed by atoms with Gasteiger partial charge in [0.1, 0.15) is 10.9 Å². The highest BCUT2D eigenvalue weighted by Gasteiger charge is 2.23. The van der Waals surface area contributed by atoms with Crippen molar-refractivity contribution in [1.29, 1.82) is 0 Å². The maximum atomic E-state index is 12.1. The zero-order valence-electron chi connectivity index (χ0n) is 11.8. The van der Waals surface area contributed by atoms with Crippen LogP contribution in [0.3, 0.4) is 0 Å². The van der Waals surface area contributed by atoms with Crippen LogP contribution in [0.25, 0.3) is 0 Å². The van der Waals surface area contributed by atoms with Crippen LogP contribution in [0.15, 0.2) is 23.1 Å². The first-order valence-electron chi connectivity index (χ1n) is 5.89. The van der Waals surface area contributed by atoms with Crippen LogP contribution < -0.4 is 11.1 Å². The van der Waals surface area contributed by atoms with E-state index in [0.717, 1.165) is 10.4 Å². The molecule has 0 aliphatic heterocycles. The van der Waals surface area contributed by atoms with Gasteiger partial charge in [-0.05, 0) is 25.1 Å². The van der Waals surface area contributed by atoms with Crippen molar-refractivity contribution in [2.45, 2.75) is 17.9 Å². The molecule has 0 aliphatic carbocycles. The Labute approximate surface area is 128 Å². The molecule has 1 aromatic rings. The summed E-state index contributed by atoms with van der Waals surface area (Å²) < 4.78 is 25.2. The predicted molar refractivity (Wildman–Crippen MR) is 78.4 cm³/mol. The van der Waals surface area contributed by atoms with Crippen molar-refractivity contribution in [2.24, 2.45) is 5.73 Å². The van der Waals surface area contributed by atoms with Crippen LogP contribution in [0.2, 0.25) is 5.02 Å². The SMILES string of the molecule is CC(NC(=O)c1ccc(Cl)c(S(=O)(=O)N(C)C)c1)C(N)=O. The maximum absolute atomic E-state index is 12.1. The van der Waals surface area contributed by atoms with E-state index in [1.807, 2.05) is 0 Å². The molecule has 0 saturated carbocycles. The third-order valence-electron chi connectivity index (χ3n) is 2.73. The Balaban J connectivity index is 3.19. The van der Waals surface area contributed by atoms with Crippen molar-refractivity contribution in [3.8, 4) is 0 Å². The van der Waals surface area contributed by atoms with Crippen LogP contribution in [0.5, 0.6) is 0 Å². The van der Waals surface area contributed by atoms with E-state index in [4.69, 9.17) is 17.3 Å². The number of amides is 2. The van der Waals surface area contributed by atoms with Crippen molar-refractivity contribution < 1.29 is 18.0 Å². The Bertz CT molecular complexity index is 673. The number of nitrogens with two attached hydrogens (primary N) is 1. The van der Waals surface area contributed by atoms with Crippen LogP contribution in [0.4, 0.5) is 0 Å². The number of nitrogens with zero attached hydrogens (tertiary/aromatic N) is 1. The molecule has 0 bridgehead atoms. The van der Waals surface area contributed by atoms with E-state index in [-0.39, 0.29) is 15.5 Å². The molecule has 116 valence electrons. The molecule has 1 unspecified atom stereocenters. The number of carbonyl (C=O) groups excluding carboxylic acids is 2. The molecule has 1 rings (SSSR count). The number of nitrogens with one attached hydrogen (secondary N) is 1. The largest absolute Gasteiger partial charge is 0.368 e. The van der Waals surface area contributed by atoms with E-state index >= 15 is 0 Å². The molecule has 0 aliphatic rings. The molecule has 1 aromatic carbocycles. The second-order valence-corrected chi connectivity index (χ2v) is 7.06. The lowest BCUT2D eigenvalue weighted by Crippen LogP contribution is -2.42. The minimum absolute atomic E-state index is 0.00296. The highest BCUT2D eigenvalue weighted by atomic mass is 35.5. The third-order valence-corrected chi connectivity index (χ3v) is 5.02. The average Bonchev–Trinajstić information content (AvgIpc) is 2.38. The lowest BCUT2D eigenvalue weighted by Gasteiger charge is -2.14. The zero-order valence-corrected chi connectivity index (χ0v) is 13.3. The number of benzene rings is 1. The van der Waals surface area contributed by atoms with Crippen molar-refractivity contribution >= 4 is 33.4 Å². The van der Waals surface area contributed by atoms with Gasteiger partial charge in [-0.25, -0.2) is 12.7 Å². The topological polar surface area (TPSA) is 110 Å². The van der Waals surface area contributed by atoms with Gasteiger partial charge in [-0.15, -0.1) is 0 Å². The van der Waals surface area contributed by atoms with Crippen LogP contribution in [-0.2, 0) is 14.8 Å². The minimum atomic E-state index is -3.78. The first kappa shape index (κ1) is 17.4. The number of sulfonamides is 1. The molecular formula is C12H16ClN3O4S. The summed E-state index contributed by atoms with van der Waals surface area (Å²) in [6, 6.07) is 2.95. The molecule has 0 fully saturated rings. The summed E-state index contributed by atoms with van der Waals surface area (Å²) in [7, 11) is -1.07. The third kappa shape index (κ3) is 3.93. The standard InChI is InChI=1S/C12H16ClN3O4S/c1-7(11(14)17)15-12(18)8-4-5-9(13)10(6-8)21(19,20)16(2)3/h4-7H,1-3H3,(H2,14,17)(H,15,18). The highest BCUT2D eigenvalue weighted by molar-refractivity contribution is 7.89. The van der Waals surface area contributed by atoms with Gasteiger partial charge in [0.05, 0.1) is 5.02 Å². The first-order chi connectivity index (χ1) is 9.57. The lowest BCUT2D eigenvalue weighted by molar-refractivity contribution is -0.119. The zero-order chi connectivity index (χ0) is 16.4. The molecular weight excluding hydrogens is 318 g/mol. The number of hydrogen-bond acceptors (Lipinski definition) is 4. The van der Waals surface area contributed by atoms with Crippen molar-refractivity contribution in [3.05, 3.63) is 28.8 Å². The Morgan fingerprint density at radius 3 is 2.38 bits per heavy atom. The van der Waals surface area contributed by atoms with E-state index in [1.165, 1.54) is 33.2 Å². The summed E-state index contributed by atoms with van der Waals surface area (Å²) in [4.78, 5) is 22.7. The van der Waals surface area contributed by atoms with E-state index in [2.05, 4.69) is 5.32 Å². The van der Waals surface area contributed by atoms with E-state index in [0.29, 0.717) is 0 Å². The van der Waals surface area contributed by atoms with Gasteiger partial charge in [0.2, 0.25) is 15.9 Å². The molecule has 0 spiro atoms. The monoisotopic (exact) mass is 333 g/mol. The quantitative estimate of drug-likeness (QED) is 0.801. The fourth-order valence-electron chi connectivity index (χ4n) is 1.39. The molecule has 0 saturated heterocycles. The average molecular weight is 334 g/mol. The first-order valence-corrected chi connectivity index (χ1v) is 7.71. The normalized spacial score (nSPS) is 13.0. The minimum Gasteiger partial charge on any atom is -0.368 e. The molecule has 0 heterocycles. The number of carbonyl (C=O) groups is 2. The molecule has 0 aromatic heterocycles. The van der Waals surface area contributed by atoms with Gasteiger partial charge in [0.15, 0.2) is 0 Å². The van der Waals surface area contributed by atoms with Crippen molar-refractivity contribution in [2.75, 3.05) is 14.1 Å². The summed E-state index contributed by atoms with van der Waals surface area (Å²) in [5, 5.41) is 2.36. The summed E-state index contributed by atoms with van der Waals surface area (Å²) in [6.07, 6.45) is 0. The Morgan fingerprint density at radius 1 is 1.33 bits per heavy atom. The second kappa shape index (κ2) is 6.42. The number of rotatable bonds is 5. The number of hydrogen-bond donors (Lipinski definition) is 2. The van der Waals surface area contributed by atoms with Gasteiger partial charge < -0.3 is 11.1 Å². The fraction of sp³-hybridized carbons (Fsp3) is 0.333. The maximum Gasteiger partial charge on any atom is 0.251 e. The molecule has 1 atom stereocenters. The number of primary amides is 1. The summed E-state index contributed by atoms with van der Waals surface area (Å²) in [6.45, 7) is 1.42. The van der Waals surface area contributed by atoms with Crippen LogP contribution in [0, 0.1) is 0 Å². The summed E-state index contributed by atoms with van der Waals surface area (Å²) in [5.41, 5.74) is 5.11. The van der Waals surface area contributed by atoms with Crippen LogP contribution >= 0.6 is 11.6 Å². The molecule has 3 N–H and O–H groups in total. The van der Waals surface area contributed by atoms with Crippen molar-refractivity contribution in [1.82, 2.24) is 9.62 Å². The van der Waals surface area contributed by atoms with Gasteiger partial charge in [-0.1, -0.05) is 11.6 Å². The summed E-state index contributed by atoms with van der Waals surface area (Å²) >= 11 is 5.87. The van der Waals surface area contributed by atoms with Gasteiger partial charge in [-0.3, -0.25) is 9.59 Å². The lowest BCUT2D eigenvalue weighted by atomic mass is 10.2. The smallest absolute Gasteiger partial charge is 0.251 e. The van der Waals surface area contributed by atoms with Gasteiger partial charge in [0, 0.05) is 19.7 Å². The van der Waals surface area contributed by atoms with Crippen LogP contribution in [0.1, 0.15) is 17.3 Å². The predicted octanol–water partition coefficient (Wildman–Crippen LogP) is 0.194. The Kier molecular flexibility index (Phi) is 5.32. The van der Waals surface area contributed by atoms with Crippen LogP contribution in [-0.4, -0.2) is 44.7 Å². The Hall–Kier alpha value is -1.64. The molecule has 21 heavy (non-hydrogen) atoms. The van der Waals surface area contributed by atoms with E-state index < -0.39 is 27.9 Å². The molecule has 9 heteroatoms. The molecule has 7 nitrogen and oxygen atoms in total. The summed E-state index contributed by atoms with van der Waals surface area (Å²) in [5.74, 6) is -1.31. The van der Waals surface area contributed by atoms with Gasteiger partial charge >= 0.3 is 0 Å². The molecule has 0 radical (unpaired) electrons. The van der Waals surface area contributed by atoms with Gasteiger partial charge in [-0.2, -0.15) is 0 Å².